The van der Waals surface area contributed by atoms with E-state index in [1.807, 2.05) is 23.1 Å². The second-order valence-electron chi connectivity index (χ2n) is 4.94. The van der Waals surface area contributed by atoms with Crippen LogP contribution >= 0.6 is 0 Å². The van der Waals surface area contributed by atoms with Gasteiger partial charge in [0.25, 0.3) is 0 Å². The molecular formula is C14H20N2O. The molecule has 1 heterocycles. The van der Waals surface area contributed by atoms with Crippen LogP contribution in [0.2, 0.25) is 0 Å². The lowest BCUT2D eigenvalue weighted by atomic mass is 10.1. The highest BCUT2D eigenvalue weighted by molar-refractivity contribution is 5.94. The smallest absolute Gasteiger partial charge is 0.321 e. The molecule has 3 nitrogen and oxygen atoms in total. The minimum atomic E-state index is 0.0376. The maximum absolute atomic E-state index is 12.0. The molecule has 1 aliphatic rings. The van der Waals surface area contributed by atoms with Gasteiger partial charge in [-0.15, -0.1) is 0 Å². The van der Waals surface area contributed by atoms with Crippen LogP contribution in [0.4, 0.5) is 10.5 Å². The Bertz CT molecular complexity index is 401. The third-order valence-corrected chi connectivity index (χ3v) is 3.13. The first-order valence-corrected chi connectivity index (χ1v) is 6.31. The van der Waals surface area contributed by atoms with Crippen LogP contribution in [0.3, 0.4) is 0 Å². The Morgan fingerprint density at radius 3 is 2.94 bits per heavy atom. The molecule has 0 radical (unpaired) electrons. The maximum atomic E-state index is 12.0. The van der Waals surface area contributed by atoms with E-state index in [9.17, 15) is 4.79 Å². The van der Waals surface area contributed by atoms with Crippen molar-refractivity contribution in [3.63, 3.8) is 0 Å². The summed E-state index contributed by atoms with van der Waals surface area (Å²) in [5, 5.41) is 2.98. The van der Waals surface area contributed by atoms with Gasteiger partial charge in [0.15, 0.2) is 0 Å². The largest absolute Gasteiger partial charge is 0.338 e. The number of hydrogen-bond donors (Lipinski definition) is 1. The minimum absolute atomic E-state index is 0.0376. The Morgan fingerprint density at radius 2 is 2.18 bits per heavy atom. The molecular weight excluding hydrogens is 212 g/mol. The van der Waals surface area contributed by atoms with Crippen LogP contribution in [0.5, 0.6) is 0 Å². The minimum Gasteiger partial charge on any atom is -0.338 e. The molecule has 0 saturated heterocycles. The number of carbonyl (C=O) groups excluding carboxylic acids is 1. The zero-order chi connectivity index (χ0) is 12.3. The van der Waals surface area contributed by atoms with Crippen LogP contribution in [0.25, 0.3) is 0 Å². The third kappa shape index (κ3) is 2.78. The lowest BCUT2D eigenvalue weighted by Crippen LogP contribution is -2.39. The van der Waals surface area contributed by atoms with E-state index in [0.29, 0.717) is 5.92 Å². The molecule has 0 unspecified atom stereocenters. The first-order chi connectivity index (χ1) is 8.18. The molecule has 1 N–H and O–H groups in total. The summed E-state index contributed by atoms with van der Waals surface area (Å²) in [6.07, 6.45) is 2.00. The summed E-state index contributed by atoms with van der Waals surface area (Å²) >= 11 is 0. The number of anilines is 1. The number of fused-ring (bicyclic) bond motifs is 1. The molecule has 0 aromatic heterocycles. The number of para-hydroxylation sites is 1. The van der Waals surface area contributed by atoms with Crippen molar-refractivity contribution in [3.05, 3.63) is 29.8 Å². The molecule has 0 aliphatic carbocycles. The van der Waals surface area contributed by atoms with E-state index in [-0.39, 0.29) is 6.03 Å². The van der Waals surface area contributed by atoms with Gasteiger partial charge in [-0.3, -0.25) is 4.90 Å². The summed E-state index contributed by atoms with van der Waals surface area (Å²) in [6, 6.07) is 8.16. The highest BCUT2D eigenvalue weighted by Crippen LogP contribution is 2.27. The van der Waals surface area contributed by atoms with Crippen molar-refractivity contribution < 1.29 is 4.79 Å². The molecule has 1 aromatic carbocycles. The molecule has 3 heteroatoms. The quantitative estimate of drug-likeness (QED) is 0.854. The maximum Gasteiger partial charge on any atom is 0.321 e. The number of nitrogens with one attached hydrogen (secondary N) is 1. The standard InChI is InChI=1S/C14H20N2O/c1-11(2)7-9-15-14(17)16-10-8-12-5-3-4-6-13(12)16/h3-6,11H,7-10H2,1-2H3,(H,15,17). The van der Waals surface area contributed by atoms with Crippen molar-refractivity contribution in [3.8, 4) is 0 Å². The molecule has 0 bridgehead atoms. The Labute approximate surface area is 103 Å². The molecule has 1 aliphatic heterocycles. The molecule has 0 fully saturated rings. The Morgan fingerprint density at radius 1 is 1.41 bits per heavy atom. The number of urea groups is 1. The Hall–Kier alpha value is -1.51. The molecule has 0 atom stereocenters. The number of carbonyl (C=O) groups is 1. The van der Waals surface area contributed by atoms with Crippen molar-refractivity contribution in [2.24, 2.45) is 5.92 Å². The highest BCUT2D eigenvalue weighted by Gasteiger charge is 2.23. The van der Waals surface area contributed by atoms with Crippen molar-refractivity contribution in [1.29, 1.82) is 0 Å². The van der Waals surface area contributed by atoms with Crippen molar-refractivity contribution >= 4 is 11.7 Å². The molecule has 2 rings (SSSR count). The molecule has 0 spiro atoms. The predicted octanol–water partition coefficient (Wildman–Crippen LogP) is 2.80. The normalized spacial score (nSPS) is 13.9. The van der Waals surface area contributed by atoms with Crippen molar-refractivity contribution in [2.75, 3.05) is 18.0 Å². The predicted molar refractivity (Wildman–Crippen MR) is 70.3 cm³/mol. The fourth-order valence-electron chi connectivity index (χ4n) is 2.11. The van der Waals surface area contributed by atoms with Crippen LogP contribution in [0.1, 0.15) is 25.8 Å². The van der Waals surface area contributed by atoms with Crippen molar-refractivity contribution in [2.45, 2.75) is 26.7 Å². The first-order valence-electron chi connectivity index (χ1n) is 6.31. The summed E-state index contributed by atoms with van der Waals surface area (Å²) in [4.78, 5) is 13.8. The molecule has 17 heavy (non-hydrogen) atoms. The SMILES string of the molecule is CC(C)CCNC(=O)N1CCc2ccccc21. The second-order valence-corrected chi connectivity index (χ2v) is 4.94. The van der Waals surface area contributed by atoms with Gasteiger partial charge in [0, 0.05) is 18.8 Å². The number of hydrogen-bond acceptors (Lipinski definition) is 1. The molecule has 2 amide bonds. The van der Waals surface area contributed by atoms with Gasteiger partial charge in [-0.05, 0) is 30.4 Å². The van der Waals surface area contributed by atoms with Gasteiger partial charge in [-0.2, -0.15) is 0 Å². The van der Waals surface area contributed by atoms with Gasteiger partial charge < -0.3 is 5.32 Å². The van der Waals surface area contributed by atoms with E-state index in [1.165, 1.54) is 5.56 Å². The fraction of sp³-hybridized carbons (Fsp3) is 0.500. The second kappa shape index (κ2) is 5.21. The van der Waals surface area contributed by atoms with Crippen LogP contribution in [-0.2, 0) is 6.42 Å². The van der Waals surface area contributed by atoms with E-state index in [1.54, 1.807) is 0 Å². The fourth-order valence-corrected chi connectivity index (χ4v) is 2.11. The van der Waals surface area contributed by atoms with E-state index < -0.39 is 0 Å². The van der Waals surface area contributed by atoms with Crippen LogP contribution in [0.15, 0.2) is 24.3 Å². The average molecular weight is 232 g/mol. The lowest BCUT2D eigenvalue weighted by molar-refractivity contribution is 0.246. The first kappa shape index (κ1) is 12.0. The number of rotatable bonds is 3. The van der Waals surface area contributed by atoms with Gasteiger partial charge in [-0.1, -0.05) is 32.0 Å². The summed E-state index contributed by atoms with van der Waals surface area (Å²) in [5.74, 6) is 0.626. The van der Waals surface area contributed by atoms with Crippen LogP contribution in [-0.4, -0.2) is 19.1 Å². The lowest BCUT2D eigenvalue weighted by Gasteiger charge is -2.18. The van der Waals surface area contributed by atoms with E-state index in [4.69, 9.17) is 0 Å². The summed E-state index contributed by atoms with van der Waals surface area (Å²) in [6.45, 7) is 5.89. The zero-order valence-corrected chi connectivity index (χ0v) is 10.6. The van der Waals surface area contributed by atoms with E-state index >= 15 is 0 Å². The summed E-state index contributed by atoms with van der Waals surface area (Å²) < 4.78 is 0. The van der Waals surface area contributed by atoms with Gasteiger partial charge in [0.2, 0.25) is 0 Å². The van der Waals surface area contributed by atoms with Crippen LogP contribution in [0, 0.1) is 5.92 Å². The molecule has 1 aromatic rings. The molecule has 0 saturated carbocycles. The number of nitrogens with zero attached hydrogens (tertiary/aromatic N) is 1. The van der Waals surface area contributed by atoms with Gasteiger partial charge in [0.05, 0.1) is 0 Å². The topological polar surface area (TPSA) is 32.3 Å². The summed E-state index contributed by atoms with van der Waals surface area (Å²) in [5.41, 5.74) is 2.33. The summed E-state index contributed by atoms with van der Waals surface area (Å²) in [7, 11) is 0. The number of benzene rings is 1. The van der Waals surface area contributed by atoms with Gasteiger partial charge >= 0.3 is 6.03 Å². The van der Waals surface area contributed by atoms with E-state index in [2.05, 4.69) is 25.2 Å². The molecule has 92 valence electrons. The monoisotopic (exact) mass is 232 g/mol. The Kier molecular flexibility index (Phi) is 3.67. The average Bonchev–Trinajstić information content (AvgIpc) is 2.72. The third-order valence-electron chi connectivity index (χ3n) is 3.13. The zero-order valence-electron chi connectivity index (χ0n) is 10.6. The Balaban J connectivity index is 1.93. The highest BCUT2D eigenvalue weighted by atomic mass is 16.2. The van der Waals surface area contributed by atoms with E-state index in [0.717, 1.165) is 31.6 Å². The van der Waals surface area contributed by atoms with Crippen LogP contribution < -0.4 is 10.2 Å². The van der Waals surface area contributed by atoms with Crippen molar-refractivity contribution in [1.82, 2.24) is 5.32 Å². The van der Waals surface area contributed by atoms with Gasteiger partial charge in [0.1, 0.15) is 0 Å². The number of amides is 2. The van der Waals surface area contributed by atoms with Gasteiger partial charge in [-0.25, -0.2) is 4.79 Å².